The number of nitrogens with one attached hydrogen (secondary N) is 2. The van der Waals surface area contributed by atoms with Gasteiger partial charge in [0.2, 0.25) is 0 Å². The third-order valence-electron chi connectivity index (χ3n) is 5.93. The molecule has 4 heterocycles. The quantitative estimate of drug-likeness (QED) is 0.178. The summed E-state index contributed by atoms with van der Waals surface area (Å²) < 4.78 is 35.3. The summed E-state index contributed by atoms with van der Waals surface area (Å²) in [6.07, 6.45) is -7.37. The number of H-pyrrole nitrogens is 2. The van der Waals surface area contributed by atoms with Crippen LogP contribution in [0.1, 0.15) is 24.4 Å². The molecule has 18 heteroatoms. The summed E-state index contributed by atoms with van der Waals surface area (Å²) >= 11 is 0. The summed E-state index contributed by atoms with van der Waals surface area (Å²) in [5.74, 6) is 0. The molecule has 6 N–H and O–H groups in total. The van der Waals surface area contributed by atoms with Gasteiger partial charge in [0.1, 0.15) is 30.6 Å². The molecule has 2 aliphatic rings. The molecule has 0 bridgehead atoms. The highest BCUT2D eigenvalue weighted by Crippen LogP contribution is 2.49. The van der Waals surface area contributed by atoms with Gasteiger partial charge in [-0.15, -0.1) is 0 Å². The van der Waals surface area contributed by atoms with Crippen LogP contribution in [0.25, 0.3) is 0 Å². The van der Waals surface area contributed by atoms with Crippen molar-refractivity contribution in [2.24, 2.45) is 0 Å². The van der Waals surface area contributed by atoms with E-state index in [1.807, 2.05) is 4.98 Å². The van der Waals surface area contributed by atoms with Gasteiger partial charge in [-0.2, -0.15) is 0 Å². The average Bonchev–Trinajstić information content (AvgIpc) is 3.34. The Morgan fingerprint density at radius 1 is 1.11 bits per heavy atom. The van der Waals surface area contributed by atoms with Gasteiger partial charge in [0.05, 0.1) is 19.3 Å². The molecular weight excluding hydrogens is 523 g/mol. The number of hydrogen-bond donors (Lipinski definition) is 6. The van der Waals surface area contributed by atoms with Crippen LogP contribution in [0, 0.1) is 6.92 Å². The number of ether oxygens (including phenoxy) is 2. The van der Waals surface area contributed by atoms with E-state index in [9.17, 15) is 44.0 Å². The van der Waals surface area contributed by atoms with Crippen LogP contribution >= 0.6 is 7.82 Å². The molecule has 0 spiro atoms. The van der Waals surface area contributed by atoms with Crippen molar-refractivity contribution in [2.75, 3.05) is 13.2 Å². The second-order valence-electron chi connectivity index (χ2n) is 8.50. The first kappa shape index (κ1) is 27.3. The zero-order chi connectivity index (χ0) is 27.1. The van der Waals surface area contributed by atoms with E-state index in [1.165, 1.54) is 13.1 Å². The number of aryl methyl sites for hydroxylation is 1. The van der Waals surface area contributed by atoms with E-state index >= 15 is 0 Å². The smallest absolute Gasteiger partial charge is 0.394 e. The first-order valence-electron chi connectivity index (χ1n) is 11.0. The Bertz CT molecular complexity index is 1420. The molecule has 2 aromatic rings. The predicted molar refractivity (Wildman–Crippen MR) is 120 cm³/mol. The number of phosphoric acid groups is 1. The number of rotatable bonds is 8. The van der Waals surface area contributed by atoms with Crippen molar-refractivity contribution < 1.29 is 43.3 Å². The zero-order valence-electron chi connectivity index (χ0n) is 19.2. The van der Waals surface area contributed by atoms with E-state index in [-0.39, 0.29) is 12.0 Å². The first-order chi connectivity index (χ1) is 17.4. The van der Waals surface area contributed by atoms with Crippen molar-refractivity contribution in [1.29, 1.82) is 0 Å². The minimum atomic E-state index is -4.97. The first-order valence-corrected chi connectivity index (χ1v) is 12.5. The van der Waals surface area contributed by atoms with Crippen LogP contribution in [0.5, 0.6) is 0 Å². The molecule has 2 aliphatic heterocycles. The van der Waals surface area contributed by atoms with Crippen LogP contribution < -0.4 is 22.5 Å². The molecule has 8 atom stereocenters. The summed E-state index contributed by atoms with van der Waals surface area (Å²) in [5.41, 5.74) is -2.76. The lowest BCUT2D eigenvalue weighted by Gasteiger charge is -2.23. The molecule has 0 amide bonds. The van der Waals surface area contributed by atoms with Crippen LogP contribution in [0.15, 0.2) is 37.6 Å². The van der Waals surface area contributed by atoms with E-state index in [0.717, 1.165) is 21.4 Å². The van der Waals surface area contributed by atoms with Gasteiger partial charge in [-0.25, -0.2) is 14.2 Å². The molecule has 17 nitrogen and oxygen atoms in total. The Morgan fingerprint density at radius 2 is 1.81 bits per heavy atom. The Hall–Kier alpha value is -2.73. The fourth-order valence-corrected chi connectivity index (χ4v) is 5.01. The summed E-state index contributed by atoms with van der Waals surface area (Å²) in [7, 11) is -4.97. The molecular formula is C19H25N4O13P. The second-order valence-corrected chi connectivity index (χ2v) is 9.91. The minimum Gasteiger partial charge on any atom is -0.394 e. The lowest BCUT2D eigenvalue weighted by atomic mass is 10.1. The maximum atomic E-state index is 12.6. The van der Waals surface area contributed by atoms with Crippen molar-refractivity contribution in [3.8, 4) is 0 Å². The van der Waals surface area contributed by atoms with E-state index in [1.54, 1.807) is 0 Å². The Balaban J connectivity index is 1.41. The molecule has 0 radical (unpaired) electrons. The van der Waals surface area contributed by atoms with Gasteiger partial charge in [-0.05, 0) is 6.92 Å². The molecule has 2 fully saturated rings. The number of aliphatic hydroxyl groups excluding tert-OH is 3. The van der Waals surface area contributed by atoms with Crippen molar-refractivity contribution in [1.82, 2.24) is 19.1 Å². The van der Waals surface area contributed by atoms with Crippen molar-refractivity contribution >= 4 is 7.82 Å². The number of nitrogens with zero attached hydrogens (tertiary/aromatic N) is 2. The highest BCUT2D eigenvalue weighted by molar-refractivity contribution is 7.47. The standard InChI is InChI=1S/C19H25N4O13P/c1-8-5-23(19(30)21-16(8)28)13-4-9(25)11(34-13)7-33-37(31,32)36-15-10(6-24)35-17(14(15)27)22-3-2-12(26)20-18(22)29/h2-3,5,9-11,13-15,17,24-25,27H,4,6-7H2,1H3,(H,31,32)(H,20,26,29)(H,21,28,30)/t9-,10+,11+,13+,14+,15+,17+/m0/s1. The topological polar surface area (TPSA) is 245 Å². The molecule has 0 aromatic carbocycles. The van der Waals surface area contributed by atoms with Crippen LogP contribution in [-0.2, 0) is 23.1 Å². The fourth-order valence-electron chi connectivity index (χ4n) is 4.04. The van der Waals surface area contributed by atoms with Crippen LogP contribution in [0.4, 0.5) is 0 Å². The van der Waals surface area contributed by atoms with Gasteiger partial charge >= 0.3 is 19.2 Å². The molecule has 4 rings (SSSR count). The molecule has 0 saturated carbocycles. The number of aromatic amines is 2. The largest absolute Gasteiger partial charge is 0.472 e. The molecule has 2 aromatic heterocycles. The van der Waals surface area contributed by atoms with Crippen LogP contribution in [-0.4, -0.2) is 83.0 Å². The lowest BCUT2D eigenvalue weighted by molar-refractivity contribution is -0.0583. The van der Waals surface area contributed by atoms with Gasteiger partial charge in [0.15, 0.2) is 6.23 Å². The van der Waals surface area contributed by atoms with Gasteiger partial charge in [0, 0.05) is 30.4 Å². The van der Waals surface area contributed by atoms with E-state index in [2.05, 4.69) is 4.98 Å². The highest BCUT2D eigenvalue weighted by atomic mass is 31.2. The third kappa shape index (κ3) is 5.74. The second kappa shape index (κ2) is 10.6. The third-order valence-corrected chi connectivity index (χ3v) is 6.92. The lowest BCUT2D eigenvalue weighted by Crippen LogP contribution is -2.38. The Kier molecular flexibility index (Phi) is 7.80. The molecule has 0 aliphatic carbocycles. The number of phosphoric ester groups is 1. The SMILES string of the molecule is Cc1cn([C@H]2C[C@H](O)[C@@H](COP(=O)(O)O[C@H]3[C@@H](O)[C@H](n4ccc(=O)[nH]c4=O)O[C@@H]3CO)O2)c(=O)[nH]c1=O. The summed E-state index contributed by atoms with van der Waals surface area (Å²) in [5, 5.41) is 30.5. The molecule has 1 unspecified atom stereocenters. The Labute approximate surface area is 206 Å². The fraction of sp³-hybridized carbons (Fsp3) is 0.579. The monoisotopic (exact) mass is 548 g/mol. The summed E-state index contributed by atoms with van der Waals surface area (Å²) in [6, 6.07) is 0.988. The van der Waals surface area contributed by atoms with Crippen molar-refractivity contribution in [3.63, 3.8) is 0 Å². The minimum absolute atomic E-state index is 0.0899. The highest BCUT2D eigenvalue weighted by Gasteiger charge is 2.49. The van der Waals surface area contributed by atoms with E-state index in [4.69, 9.17) is 18.5 Å². The van der Waals surface area contributed by atoms with Gasteiger partial charge in [0.25, 0.3) is 11.1 Å². The maximum absolute atomic E-state index is 12.6. The normalized spacial score (nSPS) is 31.4. The number of hydrogen-bond acceptors (Lipinski definition) is 12. The average molecular weight is 548 g/mol. The van der Waals surface area contributed by atoms with Crippen LogP contribution in [0.3, 0.4) is 0 Å². The Morgan fingerprint density at radius 3 is 2.49 bits per heavy atom. The maximum Gasteiger partial charge on any atom is 0.472 e. The van der Waals surface area contributed by atoms with Crippen molar-refractivity contribution in [2.45, 2.75) is 56.3 Å². The van der Waals surface area contributed by atoms with Gasteiger partial charge in [-0.3, -0.25) is 37.7 Å². The molecule has 2 saturated heterocycles. The van der Waals surface area contributed by atoms with Crippen molar-refractivity contribution in [3.05, 3.63) is 65.7 Å². The molecule has 37 heavy (non-hydrogen) atoms. The number of aromatic nitrogens is 4. The number of aliphatic hydroxyl groups is 3. The predicted octanol–water partition coefficient (Wildman–Crippen LogP) is -3.20. The van der Waals surface area contributed by atoms with E-state index in [0.29, 0.717) is 0 Å². The van der Waals surface area contributed by atoms with Gasteiger partial charge < -0.3 is 29.7 Å². The van der Waals surface area contributed by atoms with E-state index < -0.39 is 86.5 Å². The summed E-state index contributed by atoms with van der Waals surface area (Å²) in [6.45, 7) is 0.0353. The zero-order valence-corrected chi connectivity index (χ0v) is 20.1. The summed E-state index contributed by atoms with van der Waals surface area (Å²) in [4.78, 5) is 61.2. The molecule has 204 valence electrons. The van der Waals surface area contributed by atoms with Gasteiger partial charge in [-0.1, -0.05) is 0 Å². The van der Waals surface area contributed by atoms with Crippen LogP contribution in [0.2, 0.25) is 0 Å².